The van der Waals surface area contributed by atoms with E-state index in [2.05, 4.69) is 10.2 Å². The first-order valence-corrected chi connectivity index (χ1v) is 7.59. The summed E-state index contributed by atoms with van der Waals surface area (Å²) in [6, 6.07) is 5.89. The van der Waals surface area contributed by atoms with E-state index >= 15 is 0 Å². The van der Waals surface area contributed by atoms with E-state index in [9.17, 15) is 14.0 Å². The van der Waals surface area contributed by atoms with Crippen molar-refractivity contribution in [1.82, 2.24) is 10.2 Å². The van der Waals surface area contributed by atoms with E-state index in [1.54, 1.807) is 0 Å². The number of imide groups is 1. The number of primary amides is 1. The molecule has 22 heavy (non-hydrogen) atoms. The van der Waals surface area contributed by atoms with Crippen LogP contribution in [0.2, 0.25) is 0 Å². The van der Waals surface area contributed by atoms with Crippen LogP contribution in [-0.2, 0) is 11.2 Å². The lowest BCUT2D eigenvalue weighted by molar-refractivity contribution is -0.120. The van der Waals surface area contributed by atoms with E-state index in [1.165, 1.54) is 17.7 Å². The number of likely N-dealkylation sites (tertiary alicyclic amines) is 1. The summed E-state index contributed by atoms with van der Waals surface area (Å²) in [5, 5.41) is 2.07. The van der Waals surface area contributed by atoms with Gasteiger partial charge in [0.2, 0.25) is 5.91 Å². The topological polar surface area (TPSA) is 75.4 Å². The van der Waals surface area contributed by atoms with E-state index in [4.69, 9.17) is 5.73 Å². The van der Waals surface area contributed by atoms with Crippen LogP contribution in [0.25, 0.3) is 0 Å². The van der Waals surface area contributed by atoms with Crippen LogP contribution in [0.4, 0.5) is 9.18 Å². The predicted octanol–water partition coefficient (Wildman–Crippen LogP) is 1.67. The van der Waals surface area contributed by atoms with Gasteiger partial charge in [-0.25, -0.2) is 9.18 Å². The summed E-state index contributed by atoms with van der Waals surface area (Å²) in [6.07, 6.45) is 3.38. The molecule has 120 valence electrons. The zero-order valence-electron chi connectivity index (χ0n) is 12.6. The Balaban J connectivity index is 1.68. The molecule has 3 amide bonds. The number of hydrogen-bond donors (Lipinski definition) is 2. The first-order chi connectivity index (χ1) is 10.5. The zero-order chi connectivity index (χ0) is 15.9. The number of benzene rings is 1. The van der Waals surface area contributed by atoms with Gasteiger partial charge < -0.3 is 10.6 Å². The Morgan fingerprint density at radius 2 is 1.86 bits per heavy atom. The number of nitrogens with two attached hydrogens (primary N) is 1. The summed E-state index contributed by atoms with van der Waals surface area (Å²) in [4.78, 5) is 24.1. The Morgan fingerprint density at radius 3 is 2.45 bits per heavy atom. The third kappa shape index (κ3) is 5.44. The SMILES string of the molecule is NC(=O)NC(=O)CCN1CCC(Cc2ccc(F)cc2)CC1. The Morgan fingerprint density at radius 1 is 1.23 bits per heavy atom. The van der Waals surface area contributed by atoms with Crippen molar-refractivity contribution in [2.75, 3.05) is 19.6 Å². The Labute approximate surface area is 129 Å². The van der Waals surface area contributed by atoms with Crippen molar-refractivity contribution < 1.29 is 14.0 Å². The van der Waals surface area contributed by atoms with Gasteiger partial charge >= 0.3 is 6.03 Å². The van der Waals surface area contributed by atoms with Crippen molar-refractivity contribution in [2.45, 2.75) is 25.7 Å². The quantitative estimate of drug-likeness (QED) is 0.869. The van der Waals surface area contributed by atoms with Gasteiger partial charge in [0, 0.05) is 13.0 Å². The molecule has 0 aromatic heterocycles. The molecule has 3 N–H and O–H groups in total. The van der Waals surface area contributed by atoms with Crippen molar-refractivity contribution in [2.24, 2.45) is 11.7 Å². The highest BCUT2D eigenvalue weighted by Gasteiger charge is 2.20. The number of piperidine rings is 1. The number of carbonyl (C=O) groups is 2. The van der Waals surface area contributed by atoms with Crippen LogP contribution >= 0.6 is 0 Å². The summed E-state index contributed by atoms with van der Waals surface area (Å²) in [5.74, 6) is 0.0647. The van der Waals surface area contributed by atoms with Crippen molar-refractivity contribution in [3.05, 3.63) is 35.6 Å². The molecule has 1 aliphatic rings. The number of rotatable bonds is 5. The smallest absolute Gasteiger partial charge is 0.318 e. The summed E-state index contributed by atoms with van der Waals surface area (Å²) < 4.78 is 12.9. The predicted molar refractivity (Wildman–Crippen MR) is 81.6 cm³/mol. The molecule has 0 saturated carbocycles. The molecular weight excluding hydrogens is 285 g/mol. The molecule has 1 aliphatic heterocycles. The molecule has 0 spiro atoms. The summed E-state index contributed by atoms with van der Waals surface area (Å²) in [5.41, 5.74) is 6.06. The van der Waals surface area contributed by atoms with E-state index in [0.717, 1.165) is 32.4 Å². The molecule has 1 saturated heterocycles. The van der Waals surface area contributed by atoms with Crippen LogP contribution < -0.4 is 11.1 Å². The number of amides is 3. The molecular formula is C16H22FN3O2. The van der Waals surface area contributed by atoms with Crippen LogP contribution in [0.5, 0.6) is 0 Å². The van der Waals surface area contributed by atoms with E-state index in [-0.39, 0.29) is 18.1 Å². The van der Waals surface area contributed by atoms with E-state index in [1.807, 2.05) is 12.1 Å². The van der Waals surface area contributed by atoms with Gasteiger partial charge in [0.05, 0.1) is 0 Å². The van der Waals surface area contributed by atoms with Gasteiger partial charge in [-0.3, -0.25) is 10.1 Å². The molecule has 1 aromatic rings. The number of carbonyl (C=O) groups excluding carboxylic acids is 2. The van der Waals surface area contributed by atoms with Gasteiger partial charge in [0.15, 0.2) is 0 Å². The maximum absolute atomic E-state index is 12.9. The molecule has 0 aliphatic carbocycles. The molecule has 1 aromatic carbocycles. The Kier molecular flexibility index (Phi) is 5.89. The maximum atomic E-state index is 12.9. The molecule has 5 nitrogen and oxygen atoms in total. The van der Waals surface area contributed by atoms with Crippen LogP contribution in [0, 0.1) is 11.7 Å². The highest BCUT2D eigenvalue weighted by Crippen LogP contribution is 2.21. The lowest BCUT2D eigenvalue weighted by atomic mass is 9.90. The van der Waals surface area contributed by atoms with Crippen molar-refractivity contribution in [3.63, 3.8) is 0 Å². The van der Waals surface area contributed by atoms with Crippen LogP contribution in [0.1, 0.15) is 24.8 Å². The Bertz CT molecular complexity index is 511. The fourth-order valence-electron chi connectivity index (χ4n) is 2.83. The molecule has 1 fully saturated rings. The van der Waals surface area contributed by atoms with Gasteiger partial charge in [-0.15, -0.1) is 0 Å². The summed E-state index contributed by atoms with van der Waals surface area (Å²) >= 11 is 0. The minimum Gasteiger partial charge on any atom is -0.351 e. The van der Waals surface area contributed by atoms with Crippen LogP contribution in [0.15, 0.2) is 24.3 Å². The largest absolute Gasteiger partial charge is 0.351 e. The van der Waals surface area contributed by atoms with Gasteiger partial charge in [-0.05, 0) is 56.0 Å². The van der Waals surface area contributed by atoms with E-state index in [0.29, 0.717) is 12.5 Å². The van der Waals surface area contributed by atoms with Crippen LogP contribution in [-0.4, -0.2) is 36.5 Å². The average Bonchev–Trinajstić information content (AvgIpc) is 2.48. The first kappa shape index (κ1) is 16.4. The second kappa shape index (κ2) is 7.89. The summed E-state index contributed by atoms with van der Waals surface area (Å²) in [6.45, 7) is 2.52. The maximum Gasteiger partial charge on any atom is 0.318 e. The molecule has 2 rings (SSSR count). The summed E-state index contributed by atoms with van der Waals surface area (Å²) in [7, 11) is 0. The van der Waals surface area contributed by atoms with Gasteiger partial charge in [0.25, 0.3) is 0 Å². The van der Waals surface area contributed by atoms with Gasteiger partial charge in [-0.2, -0.15) is 0 Å². The van der Waals surface area contributed by atoms with Crippen LogP contribution in [0.3, 0.4) is 0 Å². The lowest BCUT2D eigenvalue weighted by Gasteiger charge is -2.31. The molecule has 0 unspecified atom stereocenters. The van der Waals surface area contributed by atoms with Crippen molar-refractivity contribution in [1.29, 1.82) is 0 Å². The number of halogens is 1. The Hall–Kier alpha value is -1.95. The minimum absolute atomic E-state index is 0.201. The second-order valence-corrected chi connectivity index (χ2v) is 5.78. The fraction of sp³-hybridized carbons (Fsp3) is 0.500. The van der Waals surface area contributed by atoms with Crippen molar-refractivity contribution in [3.8, 4) is 0 Å². The number of hydrogen-bond acceptors (Lipinski definition) is 3. The second-order valence-electron chi connectivity index (χ2n) is 5.78. The first-order valence-electron chi connectivity index (χ1n) is 7.59. The average molecular weight is 307 g/mol. The molecule has 0 radical (unpaired) electrons. The minimum atomic E-state index is -0.803. The number of nitrogens with zero attached hydrogens (tertiary/aromatic N) is 1. The van der Waals surface area contributed by atoms with Gasteiger partial charge in [-0.1, -0.05) is 12.1 Å². The molecule has 6 heteroatoms. The molecule has 0 bridgehead atoms. The monoisotopic (exact) mass is 307 g/mol. The standard InChI is InChI=1S/C16H22FN3O2/c17-14-3-1-12(2-4-14)11-13-5-8-20(9-6-13)10-7-15(21)19-16(18)22/h1-4,13H,5-11H2,(H3,18,19,21,22). The fourth-order valence-corrected chi connectivity index (χ4v) is 2.83. The zero-order valence-corrected chi connectivity index (χ0v) is 12.6. The normalized spacial score (nSPS) is 16.4. The van der Waals surface area contributed by atoms with Gasteiger partial charge in [0.1, 0.15) is 5.82 Å². The third-order valence-corrected chi connectivity index (χ3v) is 4.06. The molecule has 0 atom stereocenters. The lowest BCUT2D eigenvalue weighted by Crippen LogP contribution is -2.39. The highest BCUT2D eigenvalue weighted by molar-refractivity contribution is 5.93. The highest BCUT2D eigenvalue weighted by atomic mass is 19.1. The molecule has 1 heterocycles. The van der Waals surface area contributed by atoms with Crippen molar-refractivity contribution >= 4 is 11.9 Å². The van der Waals surface area contributed by atoms with E-state index < -0.39 is 6.03 Å². The number of urea groups is 1. The third-order valence-electron chi connectivity index (χ3n) is 4.06. The number of nitrogens with one attached hydrogen (secondary N) is 1.